The molecule has 0 spiro atoms. The summed E-state index contributed by atoms with van der Waals surface area (Å²) in [5.41, 5.74) is 0.624. The largest absolute Gasteiger partial charge is 0.481 e. The van der Waals surface area contributed by atoms with E-state index >= 15 is 0 Å². The minimum Gasteiger partial charge on any atom is -0.481 e. The van der Waals surface area contributed by atoms with E-state index in [0.717, 1.165) is 6.07 Å². The number of ketones is 1. The van der Waals surface area contributed by atoms with Crippen LogP contribution >= 0.6 is 0 Å². The molecule has 6 heteroatoms. The van der Waals surface area contributed by atoms with Gasteiger partial charge in [0.05, 0.1) is 5.56 Å². The summed E-state index contributed by atoms with van der Waals surface area (Å²) in [5.74, 6) is -0.824. The van der Waals surface area contributed by atoms with Crippen molar-refractivity contribution < 1.29 is 18.7 Å². The Kier molecular flexibility index (Phi) is 5.27. The van der Waals surface area contributed by atoms with E-state index in [2.05, 4.69) is 5.32 Å². The molecule has 1 unspecified atom stereocenters. The third-order valence-electron chi connectivity index (χ3n) is 3.28. The van der Waals surface area contributed by atoms with E-state index in [1.54, 1.807) is 37.3 Å². The highest BCUT2D eigenvalue weighted by molar-refractivity contribution is 5.95. The van der Waals surface area contributed by atoms with Gasteiger partial charge in [-0.05, 0) is 44.2 Å². The first kappa shape index (κ1) is 17.2. The monoisotopic (exact) mass is 326 g/mol. The number of hydrogen-bond donors (Lipinski definition) is 1. The molecule has 0 aliphatic rings. The number of carbonyl (C=O) groups excluding carboxylic acids is 2. The number of nitriles is 1. The Hall–Kier alpha value is -3.20. The van der Waals surface area contributed by atoms with Crippen LogP contribution in [0.2, 0.25) is 0 Å². The van der Waals surface area contributed by atoms with Crippen molar-refractivity contribution in [1.82, 2.24) is 0 Å². The van der Waals surface area contributed by atoms with Gasteiger partial charge in [-0.2, -0.15) is 5.26 Å². The average molecular weight is 326 g/mol. The summed E-state index contributed by atoms with van der Waals surface area (Å²) in [4.78, 5) is 23.5. The molecule has 5 nitrogen and oxygen atoms in total. The smallest absolute Gasteiger partial charge is 0.265 e. The van der Waals surface area contributed by atoms with Crippen molar-refractivity contribution in [2.24, 2.45) is 0 Å². The first-order chi connectivity index (χ1) is 11.4. The zero-order valence-corrected chi connectivity index (χ0v) is 13.2. The fourth-order valence-electron chi connectivity index (χ4n) is 1.98. The lowest BCUT2D eigenvalue weighted by Crippen LogP contribution is -2.30. The molecule has 24 heavy (non-hydrogen) atoms. The first-order valence-corrected chi connectivity index (χ1v) is 7.19. The highest BCUT2D eigenvalue weighted by Crippen LogP contribution is 2.17. The normalized spacial score (nSPS) is 11.2. The molecule has 0 aliphatic heterocycles. The number of Topliss-reactive ketones (excluding diaryl/α,β-unsaturated/α-hetero) is 1. The van der Waals surface area contributed by atoms with Crippen LogP contribution in [0, 0.1) is 17.1 Å². The van der Waals surface area contributed by atoms with E-state index in [1.165, 1.54) is 19.1 Å². The summed E-state index contributed by atoms with van der Waals surface area (Å²) in [5, 5.41) is 11.3. The predicted molar refractivity (Wildman–Crippen MR) is 86.3 cm³/mol. The summed E-state index contributed by atoms with van der Waals surface area (Å²) in [6.45, 7) is 2.99. The van der Waals surface area contributed by atoms with Crippen LogP contribution in [0.3, 0.4) is 0 Å². The van der Waals surface area contributed by atoms with Gasteiger partial charge in [-0.3, -0.25) is 9.59 Å². The lowest BCUT2D eigenvalue weighted by molar-refractivity contribution is -0.122. The zero-order chi connectivity index (χ0) is 17.7. The van der Waals surface area contributed by atoms with Crippen molar-refractivity contribution in [3.8, 4) is 11.8 Å². The molecule has 1 atom stereocenters. The molecule has 1 amide bonds. The number of ether oxygens (including phenoxy) is 1. The average Bonchev–Trinajstić information content (AvgIpc) is 2.56. The lowest BCUT2D eigenvalue weighted by Gasteiger charge is -2.15. The zero-order valence-electron chi connectivity index (χ0n) is 13.2. The number of hydrogen-bond acceptors (Lipinski definition) is 4. The van der Waals surface area contributed by atoms with Gasteiger partial charge in [-0.25, -0.2) is 4.39 Å². The number of carbonyl (C=O) groups is 2. The first-order valence-electron chi connectivity index (χ1n) is 7.19. The molecule has 0 saturated carbocycles. The van der Waals surface area contributed by atoms with Crippen LogP contribution in [0.25, 0.3) is 0 Å². The fourth-order valence-corrected chi connectivity index (χ4v) is 1.98. The second kappa shape index (κ2) is 7.38. The van der Waals surface area contributed by atoms with E-state index in [-0.39, 0.29) is 11.3 Å². The molecule has 0 aromatic heterocycles. The van der Waals surface area contributed by atoms with E-state index in [1.807, 2.05) is 0 Å². The Morgan fingerprint density at radius 3 is 2.67 bits per heavy atom. The molecular formula is C18H15FN2O3. The maximum absolute atomic E-state index is 13.3. The molecule has 2 rings (SSSR count). The quantitative estimate of drug-likeness (QED) is 0.855. The molecule has 0 aliphatic carbocycles. The van der Waals surface area contributed by atoms with Gasteiger partial charge in [0.1, 0.15) is 17.6 Å². The van der Waals surface area contributed by atoms with Gasteiger partial charge in [0, 0.05) is 11.3 Å². The molecule has 0 bridgehead atoms. The van der Waals surface area contributed by atoms with E-state index in [9.17, 15) is 14.0 Å². The Balaban J connectivity index is 2.06. The Bertz CT molecular complexity index is 827. The van der Waals surface area contributed by atoms with Crippen LogP contribution in [0.1, 0.15) is 29.8 Å². The molecule has 0 saturated heterocycles. The van der Waals surface area contributed by atoms with Gasteiger partial charge in [0.25, 0.3) is 5.91 Å². The molecule has 0 heterocycles. The third kappa shape index (κ3) is 4.17. The summed E-state index contributed by atoms with van der Waals surface area (Å²) in [6, 6.07) is 11.9. The van der Waals surface area contributed by atoms with E-state index in [4.69, 9.17) is 10.00 Å². The summed E-state index contributed by atoms with van der Waals surface area (Å²) < 4.78 is 18.8. The van der Waals surface area contributed by atoms with Crippen molar-refractivity contribution in [3.63, 3.8) is 0 Å². The fraction of sp³-hybridized carbons (Fsp3) is 0.167. The lowest BCUT2D eigenvalue weighted by atomic mass is 10.1. The number of rotatable bonds is 5. The topological polar surface area (TPSA) is 79.2 Å². The Morgan fingerprint density at radius 2 is 2.00 bits per heavy atom. The number of anilines is 1. The van der Waals surface area contributed by atoms with Crippen LogP contribution in [0.5, 0.6) is 5.75 Å². The predicted octanol–water partition coefficient (Wildman–Crippen LogP) is 3.31. The molecule has 122 valence electrons. The molecule has 0 fully saturated rings. The SMILES string of the molecule is CC(=O)c1cccc(OC(C)C(=O)Nc2ccc(F)c(C#N)c2)c1. The Labute approximate surface area is 138 Å². The van der Waals surface area contributed by atoms with Crippen molar-refractivity contribution in [2.45, 2.75) is 20.0 Å². The second-order valence-corrected chi connectivity index (χ2v) is 5.14. The molecule has 1 N–H and O–H groups in total. The van der Waals surface area contributed by atoms with Crippen LogP contribution in [0.4, 0.5) is 10.1 Å². The highest BCUT2D eigenvalue weighted by Gasteiger charge is 2.16. The van der Waals surface area contributed by atoms with Crippen LogP contribution in [-0.4, -0.2) is 17.8 Å². The minimum atomic E-state index is -0.845. The van der Waals surface area contributed by atoms with Crippen molar-refractivity contribution in [3.05, 3.63) is 59.4 Å². The van der Waals surface area contributed by atoms with Gasteiger partial charge in [-0.15, -0.1) is 0 Å². The van der Waals surface area contributed by atoms with Crippen LogP contribution in [0.15, 0.2) is 42.5 Å². The maximum atomic E-state index is 13.3. The van der Waals surface area contributed by atoms with Gasteiger partial charge in [0.2, 0.25) is 0 Å². The summed E-state index contributed by atoms with van der Waals surface area (Å²) >= 11 is 0. The van der Waals surface area contributed by atoms with Crippen molar-refractivity contribution >= 4 is 17.4 Å². The van der Waals surface area contributed by atoms with Crippen LogP contribution < -0.4 is 10.1 Å². The van der Waals surface area contributed by atoms with Crippen molar-refractivity contribution in [2.75, 3.05) is 5.32 Å². The number of benzene rings is 2. The minimum absolute atomic E-state index is 0.104. The number of amides is 1. The highest BCUT2D eigenvalue weighted by atomic mass is 19.1. The third-order valence-corrected chi connectivity index (χ3v) is 3.28. The Morgan fingerprint density at radius 1 is 1.25 bits per heavy atom. The molecule has 2 aromatic rings. The maximum Gasteiger partial charge on any atom is 0.265 e. The van der Waals surface area contributed by atoms with Gasteiger partial charge in [-0.1, -0.05) is 12.1 Å². The molecule has 0 radical (unpaired) electrons. The van der Waals surface area contributed by atoms with E-state index in [0.29, 0.717) is 17.0 Å². The number of nitrogens with one attached hydrogen (secondary N) is 1. The standard InChI is InChI=1S/C18H15FN2O3/c1-11(22)13-4-3-5-16(9-13)24-12(2)18(23)21-15-6-7-17(19)14(8-15)10-20/h3-9,12H,1-2H3,(H,21,23). The van der Waals surface area contributed by atoms with Crippen molar-refractivity contribution in [1.29, 1.82) is 5.26 Å². The summed E-state index contributed by atoms with van der Waals surface area (Å²) in [6.07, 6.45) is -0.845. The number of halogens is 1. The second-order valence-electron chi connectivity index (χ2n) is 5.14. The van der Waals surface area contributed by atoms with Gasteiger partial charge < -0.3 is 10.1 Å². The van der Waals surface area contributed by atoms with Gasteiger partial charge in [0.15, 0.2) is 11.9 Å². The molecule has 2 aromatic carbocycles. The van der Waals surface area contributed by atoms with Crippen LogP contribution in [-0.2, 0) is 4.79 Å². The summed E-state index contributed by atoms with van der Waals surface area (Å²) in [7, 11) is 0. The molecular weight excluding hydrogens is 311 g/mol. The van der Waals surface area contributed by atoms with E-state index < -0.39 is 17.8 Å². The van der Waals surface area contributed by atoms with Gasteiger partial charge >= 0.3 is 0 Å². The number of nitrogens with zero attached hydrogens (tertiary/aromatic N) is 1.